The van der Waals surface area contributed by atoms with Gasteiger partial charge in [-0.25, -0.2) is 0 Å². The molecule has 22 heavy (non-hydrogen) atoms. The molecule has 2 aliphatic heterocycles. The Morgan fingerprint density at radius 2 is 1.82 bits per heavy atom. The highest BCUT2D eigenvalue weighted by atomic mass is 16.5. The SMILES string of the molecule is COC(C(=O)N1CCCCC1C(=O)N1CCOCC1)C1CC1. The molecule has 1 saturated carbocycles. The first-order valence-electron chi connectivity index (χ1n) is 8.42. The number of hydrogen-bond donors (Lipinski definition) is 0. The molecule has 6 nitrogen and oxygen atoms in total. The molecule has 3 fully saturated rings. The van der Waals surface area contributed by atoms with Crippen LogP contribution in [0.5, 0.6) is 0 Å². The van der Waals surface area contributed by atoms with Crippen molar-refractivity contribution in [2.75, 3.05) is 40.0 Å². The zero-order valence-electron chi connectivity index (χ0n) is 13.3. The Kier molecular flexibility index (Phi) is 4.98. The van der Waals surface area contributed by atoms with Crippen LogP contribution in [-0.2, 0) is 19.1 Å². The Bertz CT molecular complexity index is 418. The third kappa shape index (κ3) is 3.27. The number of methoxy groups -OCH3 is 1. The zero-order valence-corrected chi connectivity index (χ0v) is 13.3. The van der Waals surface area contributed by atoms with E-state index in [1.54, 1.807) is 12.0 Å². The lowest BCUT2D eigenvalue weighted by atomic mass is 9.99. The van der Waals surface area contributed by atoms with Gasteiger partial charge in [0.2, 0.25) is 5.91 Å². The second-order valence-corrected chi connectivity index (χ2v) is 6.47. The highest BCUT2D eigenvalue weighted by molar-refractivity contribution is 5.90. The quantitative estimate of drug-likeness (QED) is 0.765. The maximum atomic E-state index is 12.8. The lowest BCUT2D eigenvalue weighted by molar-refractivity contribution is -0.156. The van der Waals surface area contributed by atoms with E-state index < -0.39 is 0 Å². The lowest BCUT2D eigenvalue weighted by Crippen LogP contribution is -2.57. The van der Waals surface area contributed by atoms with Gasteiger partial charge in [-0.3, -0.25) is 9.59 Å². The molecule has 0 spiro atoms. The monoisotopic (exact) mass is 310 g/mol. The molecule has 2 saturated heterocycles. The van der Waals surface area contributed by atoms with Crippen molar-refractivity contribution in [1.82, 2.24) is 9.80 Å². The van der Waals surface area contributed by atoms with Crippen molar-refractivity contribution in [2.24, 2.45) is 5.92 Å². The minimum absolute atomic E-state index is 0.0105. The molecule has 2 heterocycles. The summed E-state index contributed by atoms with van der Waals surface area (Å²) in [6.07, 6.45) is 4.49. The molecule has 0 aromatic carbocycles. The van der Waals surface area contributed by atoms with E-state index in [1.165, 1.54) is 0 Å². The topological polar surface area (TPSA) is 59.1 Å². The smallest absolute Gasteiger partial charge is 0.252 e. The molecule has 2 unspecified atom stereocenters. The normalized spacial score (nSPS) is 27.6. The number of ether oxygens (including phenoxy) is 2. The number of nitrogens with zero attached hydrogens (tertiary/aromatic N) is 2. The van der Waals surface area contributed by atoms with E-state index in [9.17, 15) is 9.59 Å². The van der Waals surface area contributed by atoms with Crippen LogP contribution in [0.4, 0.5) is 0 Å². The molecule has 124 valence electrons. The van der Waals surface area contributed by atoms with Crippen molar-refractivity contribution >= 4 is 11.8 Å². The van der Waals surface area contributed by atoms with Crippen molar-refractivity contribution in [3.63, 3.8) is 0 Å². The number of likely N-dealkylation sites (tertiary alicyclic amines) is 1. The largest absolute Gasteiger partial charge is 0.378 e. The van der Waals surface area contributed by atoms with Crippen LogP contribution in [0.25, 0.3) is 0 Å². The van der Waals surface area contributed by atoms with Gasteiger partial charge in [-0.2, -0.15) is 0 Å². The predicted molar refractivity (Wildman–Crippen MR) is 80.3 cm³/mol. The molecule has 3 rings (SSSR count). The Balaban J connectivity index is 1.69. The summed E-state index contributed by atoms with van der Waals surface area (Å²) in [5.41, 5.74) is 0. The number of hydrogen-bond acceptors (Lipinski definition) is 4. The molecule has 3 aliphatic rings. The van der Waals surface area contributed by atoms with Crippen LogP contribution < -0.4 is 0 Å². The maximum Gasteiger partial charge on any atom is 0.252 e. The summed E-state index contributed by atoms with van der Waals surface area (Å²) in [5, 5.41) is 0. The molecular formula is C16H26N2O4. The molecule has 0 aromatic heterocycles. The molecule has 0 aromatic rings. The maximum absolute atomic E-state index is 12.8. The molecule has 0 bridgehead atoms. The van der Waals surface area contributed by atoms with E-state index in [2.05, 4.69) is 0 Å². The van der Waals surface area contributed by atoms with Crippen LogP contribution in [-0.4, -0.2) is 73.7 Å². The molecule has 0 radical (unpaired) electrons. The minimum atomic E-state index is -0.363. The number of carbonyl (C=O) groups is 2. The van der Waals surface area contributed by atoms with Crippen LogP contribution in [0.15, 0.2) is 0 Å². The summed E-state index contributed by atoms with van der Waals surface area (Å²) in [7, 11) is 1.60. The van der Waals surface area contributed by atoms with Gasteiger partial charge in [0, 0.05) is 26.7 Å². The predicted octanol–water partition coefficient (Wildman–Crippen LogP) is 0.651. The van der Waals surface area contributed by atoms with E-state index in [1.807, 2.05) is 4.90 Å². The number of rotatable bonds is 4. The molecule has 6 heteroatoms. The highest BCUT2D eigenvalue weighted by Crippen LogP contribution is 2.36. The fraction of sp³-hybridized carbons (Fsp3) is 0.875. The third-order valence-electron chi connectivity index (χ3n) is 4.94. The minimum Gasteiger partial charge on any atom is -0.378 e. The van der Waals surface area contributed by atoms with Gasteiger partial charge in [0.15, 0.2) is 0 Å². The molecular weight excluding hydrogens is 284 g/mol. The first kappa shape index (κ1) is 15.7. The van der Waals surface area contributed by atoms with Crippen LogP contribution in [0.2, 0.25) is 0 Å². The fourth-order valence-electron chi connectivity index (χ4n) is 3.50. The summed E-state index contributed by atoms with van der Waals surface area (Å²) in [6, 6.07) is -0.309. The number of morpholine rings is 1. The van der Waals surface area contributed by atoms with E-state index in [-0.39, 0.29) is 24.0 Å². The van der Waals surface area contributed by atoms with Gasteiger partial charge in [-0.05, 0) is 38.0 Å². The van der Waals surface area contributed by atoms with E-state index in [0.29, 0.717) is 38.8 Å². The first-order valence-corrected chi connectivity index (χ1v) is 8.42. The molecule has 0 N–H and O–H groups in total. The Morgan fingerprint density at radius 1 is 1.09 bits per heavy atom. The van der Waals surface area contributed by atoms with Crippen LogP contribution in [0.1, 0.15) is 32.1 Å². The number of piperidine rings is 1. The van der Waals surface area contributed by atoms with Gasteiger partial charge < -0.3 is 19.3 Å². The Labute approximate surface area is 131 Å². The highest BCUT2D eigenvalue weighted by Gasteiger charge is 2.43. The van der Waals surface area contributed by atoms with Gasteiger partial charge in [0.25, 0.3) is 5.91 Å². The fourth-order valence-corrected chi connectivity index (χ4v) is 3.50. The zero-order chi connectivity index (χ0) is 15.5. The summed E-state index contributed by atoms with van der Waals surface area (Å²) in [6.45, 7) is 3.12. The molecule has 2 atom stereocenters. The standard InChI is InChI=1S/C16H26N2O4/c1-21-14(12-5-6-12)16(20)18-7-3-2-4-13(18)15(19)17-8-10-22-11-9-17/h12-14H,2-11H2,1H3. The van der Waals surface area contributed by atoms with E-state index in [4.69, 9.17) is 9.47 Å². The van der Waals surface area contributed by atoms with Gasteiger partial charge >= 0.3 is 0 Å². The van der Waals surface area contributed by atoms with Crippen molar-refractivity contribution in [1.29, 1.82) is 0 Å². The van der Waals surface area contributed by atoms with Crippen LogP contribution >= 0.6 is 0 Å². The van der Waals surface area contributed by atoms with Crippen LogP contribution in [0, 0.1) is 5.92 Å². The van der Waals surface area contributed by atoms with Crippen molar-refractivity contribution < 1.29 is 19.1 Å². The van der Waals surface area contributed by atoms with Gasteiger partial charge in [0.05, 0.1) is 13.2 Å². The van der Waals surface area contributed by atoms with Crippen molar-refractivity contribution in [2.45, 2.75) is 44.2 Å². The van der Waals surface area contributed by atoms with Crippen molar-refractivity contribution in [3.8, 4) is 0 Å². The third-order valence-corrected chi connectivity index (χ3v) is 4.94. The van der Waals surface area contributed by atoms with Gasteiger partial charge in [-0.15, -0.1) is 0 Å². The second-order valence-electron chi connectivity index (χ2n) is 6.47. The average molecular weight is 310 g/mol. The number of carbonyl (C=O) groups excluding carboxylic acids is 2. The van der Waals surface area contributed by atoms with Crippen molar-refractivity contribution in [3.05, 3.63) is 0 Å². The van der Waals surface area contributed by atoms with Gasteiger partial charge in [-0.1, -0.05) is 0 Å². The summed E-state index contributed by atoms with van der Waals surface area (Å²) < 4.78 is 10.7. The lowest BCUT2D eigenvalue weighted by Gasteiger charge is -2.40. The summed E-state index contributed by atoms with van der Waals surface area (Å²) >= 11 is 0. The first-order chi connectivity index (χ1) is 10.7. The van der Waals surface area contributed by atoms with Crippen LogP contribution in [0.3, 0.4) is 0 Å². The second kappa shape index (κ2) is 6.96. The van der Waals surface area contributed by atoms with E-state index >= 15 is 0 Å². The Hall–Kier alpha value is -1.14. The molecule has 2 amide bonds. The van der Waals surface area contributed by atoms with Gasteiger partial charge in [0.1, 0.15) is 12.1 Å². The summed E-state index contributed by atoms with van der Waals surface area (Å²) in [5.74, 6) is 0.442. The summed E-state index contributed by atoms with van der Waals surface area (Å²) in [4.78, 5) is 29.2. The Morgan fingerprint density at radius 3 is 2.45 bits per heavy atom. The molecule has 1 aliphatic carbocycles. The van der Waals surface area contributed by atoms with E-state index in [0.717, 1.165) is 32.1 Å². The number of amides is 2. The average Bonchev–Trinajstić information content (AvgIpc) is 3.40.